The van der Waals surface area contributed by atoms with Crippen LogP contribution in [-0.4, -0.2) is 68.3 Å². The molecule has 4 N–H and O–H groups in total. The van der Waals surface area contributed by atoms with Crippen LogP contribution in [0.15, 0.2) is 5.38 Å². The highest BCUT2D eigenvalue weighted by Gasteiger charge is 2.43. The van der Waals surface area contributed by atoms with Gasteiger partial charge in [-0.1, -0.05) is 6.92 Å². The van der Waals surface area contributed by atoms with Crippen molar-refractivity contribution >= 4 is 17.1 Å². The largest absolute Gasteiger partial charge is 0.394 e. The molecule has 2 rings (SSSR count). The SMILES string of the molecule is CCC(=O)c1csc(CC2OC(CO)C(O)C(O)C2O)n1. The Morgan fingerprint density at radius 3 is 2.57 bits per heavy atom. The van der Waals surface area contributed by atoms with Gasteiger partial charge in [-0.15, -0.1) is 11.3 Å². The summed E-state index contributed by atoms with van der Waals surface area (Å²) in [6.45, 7) is 1.29. The van der Waals surface area contributed by atoms with Gasteiger partial charge in [-0.3, -0.25) is 4.79 Å². The molecule has 5 atom stereocenters. The van der Waals surface area contributed by atoms with Gasteiger partial charge in [-0.25, -0.2) is 4.98 Å². The number of hydrogen-bond donors (Lipinski definition) is 4. The molecule has 1 aromatic rings. The molecule has 118 valence electrons. The summed E-state index contributed by atoms with van der Waals surface area (Å²) in [5, 5.41) is 40.7. The average Bonchev–Trinajstić information content (AvgIpc) is 2.95. The minimum absolute atomic E-state index is 0.0636. The van der Waals surface area contributed by atoms with E-state index in [1.54, 1.807) is 12.3 Å². The van der Waals surface area contributed by atoms with Crippen molar-refractivity contribution < 1.29 is 30.0 Å². The molecule has 1 fully saturated rings. The molecule has 1 aromatic heterocycles. The van der Waals surface area contributed by atoms with Gasteiger partial charge < -0.3 is 25.2 Å². The number of rotatable bonds is 5. The summed E-state index contributed by atoms with van der Waals surface area (Å²) in [5.74, 6) is -0.0636. The van der Waals surface area contributed by atoms with Crippen LogP contribution >= 0.6 is 11.3 Å². The summed E-state index contributed by atoms with van der Waals surface area (Å²) < 4.78 is 5.40. The zero-order chi connectivity index (χ0) is 15.6. The predicted molar refractivity (Wildman–Crippen MR) is 74.2 cm³/mol. The maximum Gasteiger partial charge on any atom is 0.181 e. The highest BCUT2D eigenvalue weighted by molar-refractivity contribution is 7.09. The number of ether oxygens (including phenoxy) is 1. The monoisotopic (exact) mass is 317 g/mol. The van der Waals surface area contributed by atoms with Gasteiger partial charge in [0.05, 0.1) is 17.7 Å². The molecule has 5 unspecified atom stereocenters. The second kappa shape index (κ2) is 6.91. The van der Waals surface area contributed by atoms with E-state index in [1.165, 1.54) is 11.3 Å². The maximum atomic E-state index is 11.5. The third-order valence-electron chi connectivity index (χ3n) is 3.53. The Morgan fingerprint density at radius 1 is 1.29 bits per heavy atom. The van der Waals surface area contributed by atoms with Crippen LogP contribution in [0.4, 0.5) is 0 Å². The molecule has 1 aliphatic heterocycles. The third kappa shape index (κ3) is 3.47. The van der Waals surface area contributed by atoms with Crippen molar-refractivity contribution in [3.05, 3.63) is 16.1 Å². The lowest BCUT2D eigenvalue weighted by Crippen LogP contribution is -2.59. The fraction of sp³-hybridized carbons (Fsp3) is 0.692. The molecule has 7 nitrogen and oxygen atoms in total. The number of aliphatic hydroxyl groups excluding tert-OH is 4. The van der Waals surface area contributed by atoms with Gasteiger partial charge in [0, 0.05) is 18.2 Å². The van der Waals surface area contributed by atoms with Gasteiger partial charge in [0.2, 0.25) is 0 Å². The van der Waals surface area contributed by atoms with Crippen molar-refractivity contribution in [3.63, 3.8) is 0 Å². The lowest BCUT2D eigenvalue weighted by molar-refractivity contribution is -0.228. The van der Waals surface area contributed by atoms with Crippen LogP contribution in [0.1, 0.15) is 28.8 Å². The van der Waals surface area contributed by atoms with Crippen LogP contribution in [0.5, 0.6) is 0 Å². The summed E-state index contributed by atoms with van der Waals surface area (Å²) in [4.78, 5) is 15.7. The number of aliphatic hydroxyl groups is 4. The van der Waals surface area contributed by atoms with E-state index in [4.69, 9.17) is 9.84 Å². The predicted octanol–water partition coefficient (Wildman–Crippen LogP) is -0.879. The summed E-state index contributed by atoms with van der Waals surface area (Å²) in [6.07, 6.45) is -5.20. The normalized spacial score (nSPS) is 33.1. The van der Waals surface area contributed by atoms with Crippen molar-refractivity contribution in [2.75, 3.05) is 6.61 Å². The van der Waals surface area contributed by atoms with E-state index in [0.717, 1.165) is 0 Å². The van der Waals surface area contributed by atoms with E-state index >= 15 is 0 Å². The van der Waals surface area contributed by atoms with Gasteiger partial charge >= 0.3 is 0 Å². The zero-order valence-electron chi connectivity index (χ0n) is 11.5. The number of nitrogens with zero attached hydrogens (tertiary/aromatic N) is 1. The Hall–Kier alpha value is -0.900. The topological polar surface area (TPSA) is 120 Å². The molecule has 2 heterocycles. The molecule has 0 bridgehead atoms. The standard InChI is InChI=1S/C13H19NO6S/c1-2-7(16)6-5-21-10(14-6)3-8-11(17)13(19)12(18)9(4-15)20-8/h5,8-9,11-13,15,17-19H,2-4H2,1H3. The Labute approximate surface area is 125 Å². The van der Waals surface area contributed by atoms with Crippen LogP contribution in [0.25, 0.3) is 0 Å². The van der Waals surface area contributed by atoms with Crippen LogP contribution in [-0.2, 0) is 11.2 Å². The summed E-state index contributed by atoms with van der Waals surface area (Å²) in [6, 6.07) is 0. The van der Waals surface area contributed by atoms with E-state index < -0.39 is 37.1 Å². The van der Waals surface area contributed by atoms with Gasteiger partial charge in [0.25, 0.3) is 0 Å². The minimum Gasteiger partial charge on any atom is -0.394 e. The molecule has 0 saturated carbocycles. The Balaban J connectivity index is 2.07. The molecule has 0 aliphatic carbocycles. The van der Waals surface area contributed by atoms with Crippen molar-refractivity contribution in [1.29, 1.82) is 0 Å². The molecule has 0 aromatic carbocycles. The molecule has 1 saturated heterocycles. The fourth-order valence-corrected chi connectivity index (χ4v) is 3.08. The number of aromatic nitrogens is 1. The number of thiazole rings is 1. The summed E-state index contributed by atoms with van der Waals surface area (Å²) >= 11 is 1.27. The first kappa shape index (κ1) is 16.5. The molecular formula is C13H19NO6S. The van der Waals surface area contributed by atoms with Crippen molar-refractivity contribution in [2.45, 2.75) is 50.3 Å². The fourth-order valence-electron chi connectivity index (χ4n) is 2.23. The first-order valence-corrected chi connectivity index (χ1v) is 7.64. The van der Waals surface area contributed by atoms with Gasteiger partial charge in [-0.2, -0.15) is 0 Å². The van der Waals surface area contributed by atoms with Crippen molar-refractivity contribution in [2.24, 2.45) is 0 Å². The number of carbonyl (C=O) groups is 1. The second-order valence-electron chi connectivity index (χ2n) is 4.97. The summed E-state index contributed by atoms with van der Waals surface area (Å²) in [5.41, 5.74) is 0.377. The first-order chi connectivity index (χ1) is 9.97. The Bertz CT molecular complexity index is 491. The maximum absolute atomic E-state index is 11.5. The van der Waals surface area contributed by atoms with Crippen LogP contribution < -0.4 is 0 Å². The molecule has 0 radical (unpaired) electrons. The van der Waals surface area contributed by atoms with Crippen LogP contribution in [0, 0.1) is 0 Å². The molecule has 21 heavy (non-hydrogen) atoms. The second-order valence-corrected chi connectivity index (χ2v) is 5.92. The molecule has 8 heteroatoms. The highest BCUT2D eigenvalue weighted by atomic mass is 32.1. The van der Waals surface area contributed by atoms with Crippen LogP contribution in [0.3, 0.4) is 0 Å². The number of ketones is 1. The Morgan fingerprint density at radius 2 is 1.95 bits per heavy atom. The highest BCUT2D eigenvalue weighted by Crippen LogP contribution is 2.25. The van der Waals surface area contributed by atoms with E-state index in [2.05, 4.69) is 4.98 Å². The average molecular weight is 317 g/mol. The number of Topliss-reactive ketones (excluding diaryl/α,β-unsaturated/α-hetero) is 1. The van der Waals surface area contributed by atoms with E-state index in [0.29, 0.717) is 17.1 Å². The lowest BCUT2D eigenvalue weighted by Gasteiger charge is -2.39. The number of hydrogen-bond acceptors (Lipinski definition) is 8. The van der Waals surface area contributed by atoms with Gasteiger partial charge in [-0.05, 0) is 0 Å². The van der Waals surface area contributed by atoms with Crippen molar-refractivity contribution in [3.8, 4) is 0 Å². The Kier molecular flexibility index (Phi) is 5.42. The zero-order valence-corrected chi connectivity index (χ0v) is 12.4. The van der Waals surface area contributed by atoms with E-state index in [1.807, 2.05) is 0 Å². The van der Waals surface area contributed by atoms with Gasteiger partial charge in [0.15, 0.2) is 5.78 Å². The van der Waals surface area contributed by atoms with Gasteiger partial charge in [0.1, 0.15) is 30.1 Å². The number of carbonyl (C=O) groups excluding carboxylic acids is 1. The van der Waals surface area contributed by atoms with Crippen LogP contribution in [0.2, 0.25) is 0 Å². The third-order valence-corrected chi connectivity index (χ3v) is 4.40. The quantitative estimate of drug-likeness (QED) is 0.521. The molecular weight excluding hydrogens is 298 g/mol. The lowest BCUT2D eigenvalue weighted by atomic mass is 9.94. The first-order valence-electron chi connectivity index (χ1n) is 6.76. The summed E-state index contributed by atoms with van der Waals surface area (Å²) in [7, 11) is 0. The molecule has 1 aliphatic rings. The van der Waals surface area contributed by atoms with Crippen molar-refractivity contribution in [1.82, 2.24) is 4.98 Å². The minimum atomic E-state index is -1.39. The molecule has 0 amide bonds. The smallest absolute Gasteiger partial charge is 0.181 e. The van der Waals surface area contributed by atoms with E-state index in [-0.39, 0.29) is 12.2 Å². The molecule has 0 spiro atoms. The van der Waals surface area contributed by atoms with E-state index in [9.17, 15) is 20.1 Å².